The molecular formula is C16H29O. The van der Waals surface area contributed by atoms with Crippen molar-refractivity contribution in [1.29, 1.82) is 0 Å². The van der Waals surface area contributed by atoms with Gasteiger partial charge in [-0.05, 0) is 44.1 Å². The molecule has 1 aliphatic rings. The highest BCUT2D eigenvalue weighted by Crippen LogP contribution is 2.21. The second-order valence-electron chi connectivity index (χ2n) is 5.22. The summed E-state index contributed by atoms with van der Waals surface area (Å²) in [5.74, 6) is 0.774. The number of hydrogen-bond donors (Lipinski definition) is 0. The van der Waals surface area contributed by atoms with E-state index in [-0.39, 0.29) is 0 Å². The van der Waals surface area contributed by atoms with Crippen LogP contribution in [-0.4, -0.2) is 6.61 Å². The van der Waals surface area contributed by atoms with Gasteiger partial charge in [-0.2, -0.15) is 0 Å². The van der Waals surface area contributed by atoms with Gasteiger partial charge in [0.1, 0.15) is 0 Å². The number of unbranched alkanes of at least 4 members (excludes halogenated alkanes) is 1. The average molecular weight is 237 g/mol. The third-order valence-corrected chi connectivity index (χ3v) is 3.53. The van der Waals surface area contributed by atoms with Crippen molar-refractivity contribution in [3.63, 3.8) is 0 Å². The minimum atomic E-state index is 0.774. The molecule has 0 aromatic rings. The van der Waals surface area contributed by atoms with E-state index in [0.29, 0.717) is 0 Å². The molecule has 0 bridgehead atoms. The van der Waals surface area contributed by atoms with Crippen LogP contribution in [0, 0.1) is 12.3 Å². The van der Waals surface area contributed by atoms with Crippen LogP contribution >= 0.6 is 0 Å². The molecule has 0 heterocycles. The van der Waals surface area contributed by atoms with Crippen molar-refractivity contribution in [2.24, 2.45) is 5.92 Å². The second kappa shape index (κ2) is 10.7. The van der Waals surface area contributed by atoms with Gasteiger partial charge in [-0.15, -0.1) is 0 Å². The molecular weight excluding hydrogens is 208 g/mol. The Balaban J connectivity index is 2.14. The van der Waals surface area contributed by atoms with Gasteiger partial charge < -0.3 is 4.74 Å². The zero-order chi connectivity index (χ0) is 12.2. The van der Waals surface area contributed by atoms with E-state index < -0.39 is 0 Å². The van der Waals surface area contributed by atoms with Crippen molar-refractivity contribution >= 4 is 0 Å². The summed E-state index contributed by atoms with van der Waals surface area (Å²) < 4.78 is 5.65. The van der Waals surface area contributed by atoms with Gasteiger partial charge in [0.15, 0.2) is 0 Å². The molecule has 1 atom stereocenters. The Labute approximate surface area is 108 Å². The molecule has 0 aromatic heterocycles. The van der Waals surface area contributed by atoms with E-state index in [1.165, 1.54) is 57.8 Å². The third-order valence-electron chi connectivity index (χ3n) is 3.53. The summed E-state index contributed by atoms with van der Waals surface area (Å²) in [6.45, 7) is 3.12. The van der Waals surface area contributed by atoms with E-state index >= 15 is 0 Å². The summed E-state index contributed by atoms with van der Waals surface area (Å²) in [5, 5.41) is 0. The maximum Gasteiger partial charge on any atom is 0.0901 e. The third kappa shape index (κ3) is 8.29. The van der Waals surface area contributed by atoms with Crippen LogP contribution < -0.4 is 0 Å². The lowest BCUT2D eigenvalue weighted by atomic mass is 9.93. The first-order valence-electron chi connectivity index (χ1n) is 7.51. The van der Waals surface area contributed by atoms with Gasteiger partial charge in [0.05, 0.1) is 12.9 Å². The Kier molecular flexibility index (Phi) is 9.17. The summed E-state index contributed by atoms with van der Waals surface area (Å²) in [7, 11) is 0. The lowest BCUT2D eigenvalue weighted by Gasteiger charge is -2.17. The second-order valence-corrected chi connectivity index (χ2v) is 5.22. The number of hydrogen-bond acceptors (Lipinski definition) is 1. The molecule has 0 aliphatic heterocycles. The summed E-state index contributed by atoms with van der Waals surface area (Å²) in [4.78, 5) is 0. The standard InChI is InChI=1S/C16H29O/c1-2-3-11-14-17-15-16-12-9-7-5-4-6-8-10-13-16/h7,11,14,16H,2-6,8-10,12-13,15H2,1H3/b14-11+. The van der Waals surface area contributed by atoms with Crippen LogP contribution in [0.3, 0.4) is 0 Å². The Morgan fingerprint density at radius 1 is 1.12 bits per heavy atom. The quantitative estimate of drug-likeness (QED) is 0.592. The molecule has 0 aromatic carbocycles. The van der Waals surface area contributed by atoms with E-state index in [0.717, 1.165) is 18.9 Å². The Morgan fingerprint density at radius 2 is 2.00 bits per heavy atom. The summed E-state index contributed by atoms with van der Waals surface area (Å²) >= 11 is 0. The van der Waals surface area contributed by atoms with E-state index in [1.54, 1.807) is 0 Å². The van der Waals surface area contributed by atoms with Crippen LogP contribution in [0.1, 0.15) is 71.1 Å². The van der Waals surface area contributed by atoms with Crippen LogP contribution in [0.15, 0.2) is 12.3 Å². The molecule has 1 rings (SSSR count). The molecule has 0 N–H and O–H groups in total. The zero-order valence-electron chi connectivity index (χ0n) is 11.5. The molecule has 1 radical (unpaired) electrons. The molecule has 1 fully saturated rings. The number of ether oxygens (including phenoxy) is 1. The van der Waals surface area contributed by atoms with E-state index in [9.17, 15) is 0 Å². The van der Waals surface area contributed by atoms with Crippen molar-refractivity contribution in [2.75, 3.05) is 6.61 Å². The van der Waals surface area contributed by atoms with Gasteiger partial charge in [-0.1, -0.05) is 45.4 Å². The number of rotatable bonds is 5. The molecule has 0 spiro atoms. The summed E-state index contributed by atoms with van der Waals surface area (Å²) in [6.07, 6.45) is 19.8. The highest BCUT2D eigenvalue weighted by Gasteiger charge is 2.10. The van der Waals surface area contributed by atoms with Crippen LogP contribution in [0.25, 0.3) is 0 Å². The van der Waals surface area contributed by atoms with Crippen molar-refractivity contribution < 1.29 is 4.74 Å². The first-order chi connectivity index (χ1) is 8.43. The molecule has 1 nitrogen and oxygen atoms in total. The fraction of sp³-hybridized carbons (Fsp3) is 0.812. The van der Waals surface area contributed by atoms with Gasteiger partial charge in [-0.3, -0.25) is 0 Å². The maximum absolute atomic E-state index is 5.65. The van der Waals surface area contributed by atoms with Crippen LogP contribution in [0.5, 0.6) is 0 Å². The van der Waals surface area contributed by atoms with Gasteiger partial charge in [0.25, 0.3) is 0 Å². The average Bonchev–Trinajstić information content (AvgIpc) is 2.36. The smallest absolute Gasteiger partial charge is 0.0901 e. The highest BCUT2D eigenvalue weighted by molar-refractivity contribution is 4.74. The highest BCUT2D eigenvalue weighted by atomic mass is 16.5. The SMILES string of the molecule is CCC/C=C/OCC1CC[CH]CCCCCC1. The van der Waals surface area contributed by atoms with Gasteiger partial charge in [0, 0.05) is 0 Å². The molecule has 1 saturated carbocycles. The fourth-order valence-electron chi connectivity index (χ4n) is 2.38. The van der Waals surface area contributed by atoms with Crippen LogP contribution in [0.4, 0.5) is 0 Å². The molecule has 1 unspecified atom stereocenters. The van der Waals surface area contributed by atoms with Crippen molar-refractivity contribution in [1.82, 2.24) is 0 Å². The minimum absolute atomic E-state index is 0.774. The van der Waals surface area contributed by atoms with E-state index in [2.05, 4.69) is 19.4 Å². The predicted molar refractivity (Wildman–Crippen MR) is 74.7 cm³/mol. The molecule has 1 heteroatoms. The van der Waals surface area contributed by atoms with E-state index in [1.807, 2.05) is 6.26 Å². The van der Waals surface area contributed by atoms with Gasteiger partial charge in [-0.25, -0.2) is 0 Å². The summed E-state index contributed by atoms with van der Waals surface area (Å²) in [5.41, 5.74) is 0. The van der Waals surface area contributed by atoms with Crippen molar-refractivity contribution in [3.8, 4) is 0 Å². The fourth-order valence-corrected chi connectivity index (χ4v) is 2.38. The lowest BCUT2D eigenvalue weighted by Crippen LogP contribution is -2.09. The first kappa shape index (κ1) is 14.6. The normalized spacial score (nSPS) is 20.5. The van der Waals surface area contributed by atoms with Crippen molar-refractivity contribution in [2.45, 2.75) is 71.1 Å². The van der Waals surface area contributed by atoms with Crippen LogP contribution in [0.2, 0.25) is 0 Å². The molecule has 1 aliphatic carbocycles. The largest absolute Gasteiger partial charge is 0.501 e. The van der Waals surface area contributed by atoms with Gasteiger partial charge in [0.2, 0.25) is 0 Å². The molecule has 99 valence electrons. The van der Waals surface area contributed by atoms with Crippen molar-refractivity contribution in [3.05, 3.63) is 18.8 Å². The Hall–Kier alpha value is -0.460. The predicted octanol–water partition coefficient (Wildman–Crippen LogP) is 5.27. The van der Waals surface area contributed by atoms with Gasteiger partial charge >= 0.3 is 0 Å². The summed E-state index contributed by atoms with van der Waals surface area (Å²) in [6, 6.07) is 0. The monoisotopic (exact) mass is 237 g/mol. The Bertz CT molecular complexity index is 176. The molecule has 0 amide bonds. The minimum Gasteiger partial charge on any atom is -0.501 e. The zero-order valence-corrected chi connectivity index (χ0v) is 11.5. The molecule has 17 heavy (non-hydrogen) atoms. The Morgan fingerprint density at radius 3 is 2.88 bits per heavy atom. The topological polar surface area (TPSA) is 9.23 Å². The first-order valence-corrected chi connectivity index (χ1v) is 7.51. The van der Waals surface area contributed by atoms with Crippen LogP contribution in [-0.2, 0) is 4.74 Å². The lowest BCUT2D eigenvalue weighted by molar-refractivity contribution is 0.177. The van der Waals surface area contributed by atoms with E-state index in [4.69, 9.17) is 4.74 Å². The number of allylic oxidation sites excluding steroid dienone is 1. The molecule has 0 saturated heterocycles. The maximum atomic E-state index is 5.65.